The highest BCUT2D eigenvalue weighted by Gasteiger charge is 2.16. The minimum atomic E-state index is -1.27. The van der Waals surface area contributed by atoms with Crippen molar-refractivity contribution in [3.63, 3.8) is 0 Å². The van der Waals surface area contributed by atoms with E-state index in [1.165, 1.54) is 6.07 Å². The molecule has 3 aromatic carbocycles. The second-order valence-electron chi connectivity index (χ2n) is 6.19. The van der Waals surface area contributed by atoms with Gasteiger partial charge >= 0.3 is 5.97 Å². The molecule has 0 saturated carbocycles. The van der Waals surface area contributed by atoms with Gasteiger partial charge in [-0.05, 0) is 53.8 Å². The molecule has 144 valence electrons. The largest absolute Gasteiger partial charge is 0.479 e. The van der Waals surface area contributed by atoms with Crippen LogP contribution in [0.4, 0.5) is 13.2 Å². The Kier molecular flexibility index (Phi) is 5.99. The monoisotopic (exact) mass is 386 g/mol. The molecule has 0 amide bonds. The number of rotatable bonds is 7. The van der Waals surface area contributed by atoms with E-state index in [0.29, 0.717) is 5.56 Å². The van der Waals surface area contributed by atoms with Crippen LogP contribution >= 0.6 is 0 Å². The van der Waals surface area contributed by atoms with Crippen LogP contribution in [-0.4, -0.2) is 17.7 Å². The van der Waals surface area contributed by atoms with Crippen LogP contribution < -0.4 is 4.74 Å². The van der Waals surface area contributed by atoms with Crippen LogP contribution in [0.15, 0.2) is 60.7 Å². The summed E-state index contributed by atoms with van der Waals surface area (Å²) in [5, 5.41) is 8.63. The molecule has 6 heteroatoms. The zero-order chi connectivity index (χ0) is 20.1. The van der Waals surface area contributed by atoms with Gasteiger partial charge in [-0.3, -0.25) is 0 Å². The van der Waals surface area contributed by atoms with Crippen LogP contribution in [0.5, 0.6) is 5.75 Å². The number of carboxylic acids is 1. The van der Waals surface area contributed by atoms with Crippen molar-refractivity contribution in [1.82, 2.24) is 0 Å². The topological polar surface area (TPSA) is 46.5 Å². The second-order valence-corrected chi connectivity index (χ2v) is 6.19. The number of aliphatic carboxylic acids is 1. The lowest BCUT2D eigenvalue weighted by atomic mass is 9.98. The third kappa shape index (κ3) is 4.52. The number of halogens is 3. The summed E-state index contributed by atoms with van der Waals surface area (Å²) in [7, 11) is 0. The van der Waals surface area contributed by atoms with Crippen molar-refractivity contribution in [3.8, 4) is 16.9 Å². The number of aryl methyl sites for hydroxylation is 1. The first-order valence-electron chi connectivity index (χ1n) is 8.61. The minimum Gasteiger partial charge on any atom is -0.479 e. The predicted octanol–water partition coefficient (Wildman–Crippen LogP) is 5.02. The number of ether oxygens (including phenoxy) is 1. The molecule has 3 aromatic rings. The van der Waals surface area contributed by atoms with Gasteiger partial charge in [0.2, 0.25) is 0 Å². The number of hydrogen-bond acceptors (Lipinski definition) is 2. The molecule has 0 bridgehead atoms. The van der Waals surface area contributed by atoms with Crippen molar-refractivity contribution in [2.75, 3.05) is 6.61 Å². The molecular weight excluding hydrogens is 369 g/mol. The number of carbonyl (C=O) groups is 1. The van der Waals surface area contributed by atoms with E-state index < -0.39 is 30.0 Å². The zero-order valence-electron chi connectivity index (χ0n) is 14.8. The first-order valence-corrected chi connectivity index (χ1v) is 8.61. The Balaban J connectivity index is 1.82. The van der Waals surface area contributed by atoms with Crippen molar-refractivity contribution in [3.05, 3.63) is 89.2 Å². The van der Waals surface area contributed by atoms with E-state index in [-0.39, 0.29) is 24.2 Å². The van der Waals surface area contributed by atoms with Crippen LogP contribution in [0, 0.1) is 17.5 Å². The van der Waals surface area contributed by atoms with Crippen molar-refractivity contribution in [2.24, 2.45) is 0 Å². The summed E-state index contributed by atoms with van der Waals surface area (Å²) in [5.41, 5.74) is 1.77. The molecule has 0 aliphatic carbocycles. The summed E-state index contributed by atoms with van der Waals surface area (Å²) in [5.74, 6) is -3.85. The van der Waals surface area contributed by atoms with Crippen LogP contribution in [0.25, 0.3) is 11.1 Å². The smallest absolute Gasteiger partial charge is 0.341 e. The SMILES string of the molecule is O=C(O)COc1ccc(F)c(CCc2cc(-c3ccccc3)ccc2F)c1F. The lowest BCUT2D eigenvalue weighted by Gasteiger charge is -2.11. The van der Waals surface area contributed by atoms with E-state index in [0.717, 1.165) is 23.3 Å². The Bertz CT molecular complexity index is 988. The molecule has 0 aromatic heterocycles. The number of hydrogen-bond donors (Lipinski definition) is 1. The molecule has 0 aliphatic rings. The fraction of sp³-hybridized carbons (Fsp3) is 0.136. The molecule has 0 unspecified atom stereocenters. The highest BCUT2D eigenvalue weighted by Crippen LogP contribution is 2.27. The first-order chi connectivity index (χ1) is 13.5. The van der Waals surface area contributed by atoms with Gasteiger partial charge in [-0.1, -0.05) is 36.4 Å². The van der Waals surface area contributed by atoms with Gasteiger partial charge in [-0.2, -0.15) is 0 Å². The van der Waals surface area contributed by atoms with Gasteiger partial charge in [-0.15, -0.1) is 0 Å². The third-order valence-corrected chi connectivity index (χ3v) is 4.30. The molecule has 0 radical (unpaired) electrons. The van der Waals surface area contributed by atoms with E-state index in [9.17, 15) is 18.0 Å². The Morgan fingerprint density at radius 3 is 2.29 bits per heavy atom. The van der Waals surface area contributed by atoms with Gasteiger partial charge in [0.1, 0.15) is 11.6 Å². The Labute approximate surface area is 160 Å². The summed E-state index contributed by atoms with van der Waals surface area (Å²) in [6, 6.07) is 16.1. The summed E-state index contributed by atoms with van der Waals surface area (Å²) in [6.07, 6.45) is -0.0279. The second kappa shape index (κ2) is 8.61. The average molecular weight is 386 g/mol. The van der Waals surface area contributed by atoms with Crippen molar-refractivity contribution in [1.29, 1.82) is 0 Å². The van der Waals surface area contributed by atoms with Gasteiger partial charge in [0, 0.05) is 5.56 Å². The maximum Gasteiger partial charge on any atom is 0.341 e. The Hall–Kier alpha value is -3.28. The van der Waals surface area contributed by atoms with E-state index in [4.69, 9.17) is 9.84 Å². The maximum atomic E-state index is 14.5. The molecule has 0 atom stereocenters. The molecule has 3 nitrogen and oxygen atoms in total. The van der Waals surface area contributed by atoms with Gasteiger partial charge in [0.25, 0.3) is 0 Å². The van der Waals surface area contributed by atoms with Gasteiger partial charge in [-0.25, -0.2) is 18.0 Å². The highest BCUT2D eigenvalue weighted by molar-refractivity contribution is 5.68. The van der Waals surface area contributed by atoms with Crippen LogP contribution in [0.1, 0.15) is 11.1 Å². The van der Waals surface area contributed by atoms with Crippen LogP contribution in [0.2, 0.25) is 0 Å². The summed E-state index contributed by atoms with van der Waals surface area (Å²) in [6.45, 7) is -0.740. The Morgan fingerprint density at radius 1 is 0.857 bits per heavy atom. The molecule has 0 spiro atoms. The normalized spacial score (nSPS) is 10.7. The molecule has 0 fully saturated rings. The molecule has 3 rings (SSSR count). The van der Waals surface area contributed by atoms with E-state index in [2.05, 4.69) is 0 Å². The molecule has 0 heterocycles. The fourth-order valence-corrected chi connectivity index (χ4v) is 2.89. The molecule has 0 saturated heterocycles. The predicted molar refractivity (Wildman–Crippen MR) is 98.7 cm³/mol. The number of carboxylic acid groups (broad SMARTS) is 1. The lowest BCUT2D eigenvalue weighted by molar-refractivity contribution is -0.139. The van der Waals surface area contributed by atoms with E-state index in [1.807, 2.05) is 30.3 Å². The summed E-state index contributed by atoms with van der Waals surface area (Å²) in [4.78, 5) is 10.6. The lowest BCUT2D eigenvalue weighted by Crippen LogP contribution is -2.11. The standard InChI is InChI=1S/C22H17F3O3/c23-18-9-7-15(14-4-2-1-3-5-14)12-16(18)6-8-17-19(24)10-11-20(22(17)25)28-13-21(26)27/h1-5,7,9-12H,6,8,13H2,(H,26,27). The van der Waals surface area contributed by atoms with Crippen LogP contribution in [0.3, 0.4) is 0 Å². The minimum absolute atomic E-state index is 0.0722. The van der Waals surface area contributed by atoms with Gasteiger partial charge in [0.05, 0.1) is 0 Å². The quantitative estimate of drug-likeness (QED) is 0.620. The van der Waals surface area contributed by atoms with Gasteiger partial charge in [0.15, 0.2) is 18.2 Å². The van der Waals surface area contributed by atoms with Gasteiger partial charge < -0.3 is 9.84 Å². The summed E-state index contributed by atoms with van der Waals surface area (Å²) >= 11 is 0. The average Bonchev–Trinajstić information content (AvgIpc) is 2.69. The Morgan fingerprint density at radius 2 is 1.57 bits per heavy atom. The molecule has 28 heavy (non-hydrogen) atoms. The molecular formula is C22H17F3O3. The maximum absolute atomic E-state index is 14.5. The first kappa shape index (κ1) is 19.5. The highest BCUT2D eigenvalue weighted by atomic mass is 19.1. The summed E-state index contributed by atoms with van der Waals surface area (Å²) < 4.78 is 47.6. The van der Waals surface area contributed by atoms with Crippen LogP contribution in [-0.2, 0) is 17.6 Å². The van der Waals surface area contributed by atoms with Crippen molar-refractivity contribution in [2.45, 2.75) is 12.8 Å². The molecule has 1 N–H and O–H groups in total. The fourth-order valence-electron chi connectivity index (χ4n) is 2.89. The number of benzene rings is 3. The van der Waals surface area contributed by atoms with E-state index >= 15 is 0 Å². The van der Waals surface area contributed by atoms with Crippen molar-refractivity contribution < 1.29 is 27.8 Å². The molecule has 0 aliphatic heterocycles. The zero-order valence-corrected chi connectivity index (χ0v) is 14.8. The van der Waals surface area contributed by atoms with E-state index in [1.54, 1.807) is 12.1 Å². The van der Waals surface area contributed by atoms with Crippen molar-refractivity contribution >= 4 is 5.97 Å². The third-order valence-electron chi connectivity index (χ3n) is 4.30.